The summed E-state index contributed by atoms with van der Waals surface area (Å²) in [6.07, 6.45) is 4.84. The van der Waals surface area contributed by atoms with Crippen LogP contribution in [0.15, 0.2) is 24.3 Å². The maximum Gasteiger partial charge on any atom is 0.253 e. The third-order valence-electron chi connectivity index (χ3n) is 4.29. The van der Waals surface area contributed by atoms with Crippen LogP contribution in [-0.2, 0) is 0 Å². The topological polar surface area (TPSA) is 52.6 Å². The van der Waals surface area contributed by atoms with Crippen LogP contribution >= 0.6 is 0 Å². The first-order valence-corrected chi connectivity index (χ1v) is 7.54. The molecule has 0 radical (unpaired) electrons. The van der Waals surface area contributed by atoms with Crippen LogP contribution in [0.4, 0.5) is 0 Å². The van der Waals surface area contributed by atoms with Crippen LogP contribution in [0.1, 0.15) is 36.0 Å². The monoisotopic (exact) mass is 274 g/mol. The number of piperidine rings is 1. The predicted molar refractivity (Wildman–Crippen MR) is 77.8 cm³/mol. The summed E-state index contributed by atoms with van der Waals surface area (Å²) < 4.78 is 0. The van der Waals surface area contributed by atoms with Gasteiger partial charge in [0, 0.05) is 24.7 Å². The van der Waals surface area contributed by atoms with Gasteiger partial charge in [0.2, 0.25) is 0 Å². The molecule has 0 bridgehead atoms. The zero-order valence-corrected chi connectivity index (χ0v) is 11.7. The summed E-state index contributed by atoms with van der Waals surface area (Å²) in [7, 11) is 0. The van der Waals surface area contributed by atoms with E-state index in [0.717, 1.165) is 38.4 Å². The largest absolute Gasteiger partial charge is 0.508 e. The highest BCUT2D eigenvalue weighted by Crippen LogP contribution is 2.28. The first-order chi connectivity index (χ1) is 9.72. The first-order valence-electron chi connectivity index (χ1n) is 7.54. The summed E-state index contributed by atoms with van der Waals surface area (Å²) >= 11 is 0. The average Bonchev–Trinajstić information content (AvgIpc) is 3.30. The van der Waals surface area contributed by atoms with E-state index < -0.39 is 0 Å². The lowest BCUT2D eigenvalue weighted by molar-refractivity contribution is 0.0705. The minimum Gasteiger partial charge on any atom is -0.508 e. The summed E-state index contributed by atoms with van der Waals surface area (Å²) in [5.74, 6) is 1.18. The van der Waals surface area contributed by atoms with Crippen molar-refractivity contribution in [2.75, 3.05) is 19.6 Å². The van der Waals surface area contributed by atoms with Crippen molar-refractivity contribution in [1.82, 2.24) is 10.2 Å². The molecule has 1 saturated carbocycles. The molecule has 1 aromatic rings. The van der Waals surface area contributed by atoms with Gasteiger partial charge in [0.15, 0.2) is 0 Å². The fourth-order valence-corrected chi connectivity index (χ4v) is 2.73. The number of likely N-dealkylation sites (tertiary alicyclic amines) is 1. The summed E-state index contributed by atoms with van der Waals surface area (Å²) in [5.41, 5.74) is 0.659. The number of carbonyl (C=O) groups excluding carboxylic acids is 1. The quantitative estimate of drug-likeness (QED) is 0.883. The van der Waals surface area contributed by atoms with Gasteiger partial charge in [0.05, 0.1) is 0 Å². The van der Waals surface area contributed by atoms with Gasteiger partial charge < -0.3 is 15.3 Å². The third-order valence-corrected chi connectivity index (χ3v) is 4.29. The SMILES string of the molecule is O=C(c1ccc(O)cc1)N1CCC(NCC2CC2)CC1. The van der Waals surface area contributed by atoms with E-state index >= 15 is 0 Å². The smallest absolute Gasteiger partial charge is 0.253 e. The minimum atomic E-state index is 0.0747. The van der Waals surface area contributed by atoms with Crippen LogP contribution in [0, 0.1) is 5.92 Å². The van der Waals surface area contributed by atoms with Gasteiger partial charge in [-0.2, -0.15) is 0 Å². The van der Waals surface area contributed by atoms with Crippen LogP contribution in [-0.4, -0.2) is 41.6 Å². The molecule has 2 aliphatic rings. The number of aromatic hydroxyl groups is 1. The van der Waals surface area contributed by atoms with Crippen LogP contribution in [0.2, 0.25) is 0 Å². The maximum atomic E-state index is 12.3. The Balaban J connectivity index is 1.49. The van der Waals surface area contributed by atoms with E-state index in [9.17, 15) is 9.90 Å². The van der Waals surface area contributed by atoms with Crippen LogP contribution in [0.5, 0.6) is 5.75 Å². The van der Waals surface area contributed by atoms with Gasteiger partial charge in [0.25, 0.3) is 5.91 Å². The molecule has 0 aromatic heterocycles. The van der Waals surface area contributed by atoms with Crippen molar-refractivity contribution in [3.05, 3.63) is 29.8 Å². The molecule has 0 atom stereocenters. The van der Waals surface area contributed by atoms with E-state index in [1.165, 1.54) is 12.8 Å². The van der Waals surface area contributed by atoms with Gasteiger partial charge in [-0.05, 0) is 62.4 Å². The van der Waals surface area contributed by atoms with Gasteiger partial charge in [0.1, 0.15) is 5.75 Å². The number of hydrogen-bond acceptors (Lipinski definition) is 3. The van der Waals surface area contributed by atoms with E-state index in [2.05, 4.69) is 5.32 Å². The molecule has 20 heavy (non-hydrogen) atoms. The number of amides is 1. The second kappa shape index (κ2) is 5.83. The molecule has 1 saturated heterocycles. The van der Waals surface area contributed by atoms with E-state index in [1.807, 2.05) is 4.90 Å². The molecule has 2 N–H and O–H groups in total. The summed E-state index contributed by atoms with van der Waals surface area (Å²) in [5, 5.41) is 12.9. The maximum absolute atomic E-state index is 12.3. The van der Waals surface area contributed by atoms with Crippen LogP contribution in [0.25, 0.3) is 0 Å². The Bertz CT molecular complexity index is 460. The van der Waals surface area contributed by atoms with E-state index in [4.69, 9.17) is 0 Å². The normalized spacial score (nSPS) is 20.1. The standard InChI is InChI=1S/C16H22N2O2/c19-15-5-3-13(4-6-15)16(20)18-9-7-14(8-10-18)17-11-12-1-2-12/h3-6,12,14,17,19H,1-2,7-11H2. The number of hydrogen-bond donors (Lipinski definition) is 2. The molecular formula is C16H22N2O2. The number of rotatable bonds is 4. The third kappa shape index (κ3) is 3.31. The summed E-state index contributed by atoms with van der Waals surface area (Å²) in [6.45, 7) is 2.79. The van der Waals surface area contributed by atoms with Crippen molar-refractivity contribution in [2.24, 2.45) is 5.92 Å². The van der Waals surface area contributed by atoms with Crippen LogP contribution in [0.3, 0.4) is 0 Å². The van der Waals surface area contributed by atoms with Crippen molar-refractivity contribution in [3.8, 4) is 5.75 Å². The Labute approximate surface area is 119 Å². The van der Waals surface area contributed by atoms with E-state index in [1.54, 1.807) is 24.3 Å². The molecule has 3 rings (SSSR count). The number of benzene rings is 1. The lowest BCUT2D eigenvalue weighted by atomic mass is 10.0. The Morgan fingerprint density at radius 1 is 1.15 bits per heavy atom. The van der Waals surface area contributed by atoms with Gasteiger partial charge in [-0.15, -0.1) is 0 Å². The Kier molecular flexibility index (Phi) is 3.92. The second-order valence-corrected chi connectivity index (χ2v) is 5.96. The first kappa shape index (κ1) is 13.4. The highest BCUT2D eigenvalue weighted by Gasteiger charge is 2.26. The fraction of sp³-hybridized carbons (Fsp3) is 0.562. The molecule has 1 aromatic carbocycles. The van der Waals surface area contributed by atoms with Crippen molar-refractivity contribution in [1.29, 1.82) is 0 Å². The Morgan fingerprint density at radius 2 is 1.80 bits per heavy atom. The number of carbonyl (C=O) groups is 1. The molecule has 108 valence electrons. The Hall–Kier alpha value is -1.55. The van der Waals surface area contributed by atoms with Crippen molar-refractivity contribution >= 4 is 5.91 Å². The van der Waals surface area contributed by atoms with E-state index in [0.29, 0.717) is 11.6 Å². The van der Waals surface area contributed by atoms with Gasteiger partial charge >= 0.3 is 0 Å². The number of phenolic OH excluding ortho intramolecular Hbond substituents is 1. The van der Waals surface area contributed by atoms with Crippen molar-refractivity contribution < 1.29 is 9.90 Å². The molecule has 1 aliphatic carbocycles. The van der Waals surface area contributed by atoms with Crippen molar-refractivity contribution in [2.45, 2.75) is 31.7 Å². The lowest BCUT2D eigenvalue weighted by Crippen LogP contribution is -2.45. The summed E-state index contributed by atoms with van der Waals surface area (Å²) in [6, 6.07) is 7.08. The molecule has 0 unspecified atom stereocenters. The fourth-order valence-electron chi connectivity index (χ4n) is 2.73. The molecular weight excluding hydrogens is 252 g/mol. The molecule has 1 heterocycles. The molecule has 0 spiro atoms. The Morgan fingerprint density at radius 3 is 2.40 bits per heavy atom. The zero-order chi connectivity index (χ0) is 13.9. The van der Waals surface area contributed by atoms with Crippen molar-refractivity contribution in [3.63, 3.8) is 0 Å². The molecule has 2 fully saturated rings. The molecule has 4 heteroatoms. The van der Waals surface area contributed by atoms with Gasteiger partial charge in [-0.25, -0.2) is 0 Å². The predicted octanol–water partition coefficient (Wildman–Crippen LogP) is 2.00. The highest BCUT2D eigenvalue weighted by atomic mass is 16.3. The highest BCUT2D eigenvalue weighted by molar-refractivity contribution is 5.94. The minimum absolute atomic E-state index is 0.0747. The molecule has 1 amide bonds. The van der Waals surface area contributed by atoms with Gasteiger partial charge in [-0.1, -0.05) is 0 Å². The number of phenols is 1. The average molecular weight is 274 g/mol. The molecule has 1 aliphatic heterocycles. The zero-order valence-electron chi connectivity index (χ0n) is 11.7. The van der Waals surface area contributed by atoms with E-state index in [-0.39, 0.29) is 11.7 Å². The second-order valence-electron chi connectivity index (χ2n) is 5.96. The number of nitrogens with one attached hydrogen (secondary N) is 1. The molecule has 4 nitrogen and oxygen atoms in total. The van der Waals surface area contributed by atoms with Gasteiger partial charge in [-0.3, -0.25) is 4.79 Å². The number of nitrogens with zero attached hydrogens (tertiary/aromatic N) is 1. The summed E-state index contributed by atoms with van der Waals surface area (Å²) in [4.78, 5) is 14.2. The van der Waals surface area contributed by atoms with Crippen LogP contribution < -0.4 is 5.32 Å². The lowest BCUT2D eigenvalue weighted by Gasteiger charge is -2.32.